The van der Waals surface area contributed by atoms with Crippen molar-refractivity contribution in [2.45, 2.75) is 20.1 Å². The molecule has 9 nitrogen and oxygen atoms in total. The first-order valence-corrected chi connectivity index (χ1v) is 13.3. The van der Waals surface area contributed by atoms with Gasteiger partial charge >= 0.3 is 0 Å². The highest BCUT2D eigenvalue weighted by Gasteiger charge is 2.13. The summed E-state index contributed by atoms with van der Waals surface area (Å²) in [6, 6.07) is 27.3. The van der Waals surface area contributed by atoms with Crippen LogP contribution in [0.5, 0.6) is 17.2 Å². The number of non-ortho nitro benzene ring substituents is 1. The Hall–Kier alpha value is -5.33. The van der Waals surface area contributed by atoms with Crippen molar-refractivity contribution in [2.75, 3.05) is 11.9 Å². The molecule has 0 aliphatic heterocycles. The third-order valence-corrected chi connectivity index (χ3v) is 6.29. The minimum atomic E-state index is -0.578. The van der Waals surface area contributed by atoms with Crippen molar-refractivity contribution in [1.29, 1.82) is 5.26 Å². The molecular weight excluding hydrogens is 558 g/mol. The standard InChI is InChI=1S/C32H26ClN3O6/c1-2-40-31-18-22(10-15-30(31)42-20-23-6-5-8-27(17-23)36(38)39)16-25(19-34)32(37)35-26-11-13-28(14-12-26)41-21-24-7-3-4-9-29(24)33/h3-18H,2,20-21H2,1H3,(H,35,37)/b25-16+. The van der Waals surface area contributed by atoms with Crippen molar-refractivity contribution in [2.24, 2.45) is 0 Å². The highest BCUT2D eigenvalue weighted by Crippen LogP contribution is 2.31. The van der Waals surface area contributed by atoms with E-state index in [1.54, 1.807) is 60.7 Å². The van der Waals surface area contributed by atoms with Crippen molar-refractivity contribution in [3.8, 4) is 23.3 Å². The molecule has 0 aromatic heterocycles. The normalized spacial score (nSPS) is 10.8. The lowest BCUT2D eigenvalue weighted by molar-refractivity contribution is -0.384. The van der Waals surface area contributed by atoms with Crippen LogP contribution in [0.25, 0.3) is 6.08 Å². The highest BCUT2D eigenvalue weighted by atomic mass is 35.5. The fourth-order valence-electron chi connectivity index (χ4n) is 3.85. The number of amides is 1. The van der Waals surface area contributed by atoms with Crippen molar-refractivity contribution in [3.63, 3.8) is 0 Å². The number of nitrogens with zero attached hydrogens (tertiary/aromatic N) is 2. The molecule has 42 heavy (non-hydrogen) atoms. The summed E-state index contributed by atoms with van der Waals surface area (Å²) in [7, 11) is 0. The van der Waals surface area contributed by atoms with Gasteiger partial charge in [0.25, 0.3) is 11.6 Å². The maximum absolute atomic E-state index is 12.8. The number of rotatable bonds is 12. The van der Waals surface area contributed by atoms with Crippen LogP contribution < -0.4 is 19.5 Å². The summed E-state index contributed by atoms with van der Waals surface area (Å²) < 4.78 is 17.3. The SMILES string of the molecule is CCOc1cc(/C=C(\C#N)C(=O)Nc2ccc(OCc3ccccc3Cl)cc2)ccc1OCc1cccc([N+](=O)[O-])c1. The van der Waals surface area contributed by atoms with Gasteiger partial charge in [0.2, 0.25) is 0 Å². The molecular formula is C32H26ClN3O6. The Kier molecular flexibility index (Phi) is 10.1. The van der Waals surface area contributed by atoms with E-state index in [1.807, 2.05) is 31.2 Å². The number of halogens is 1. The molecule has 0 radical (unpaired) electrons. The van der Waals surface area contributed by atoms with Gasteiger partial charge in [0.05, 0.1) is 11.5 Å². The van der Waals surface area contributed by atoms with Gasteiger partial charge in [-0.25, -0.2) is 0 Å². The van der Waals surface area contributed by atoms with E-state index >= 15 is 0 Å². The van der Waals surface area contributed by atoms with E-state index < -0.39 is 10.8 Å². The molecule has 0 spiro atoms. The van der Waals surface area contributed by atoms with E-state index in [1.165, 1.54) is 18.2 Å². The Balaban J connectivity index is 1.41. The first-order valence-electron chi connectivity index (χ1n) is 12.9. The minimum absolute atomic E-state index is 0.0263. The van der Waals surface area contributed by atoms with Gasteiger partial charge in [-0.2, -0.15) is 5.26 Å². The second-order valence-corrected chi connectivity index (χ2v) is 9.29. The molecule has 0 atom stereocenters. The van der Waals surface area contributed by atoms with Gasteiger partial charge in [-0.15, -0.1) is 0 Å². The first kappa shape index (κ1) is 29.6. The van der Waals surface area contributed by atoms with E-state index in [9.17, 15) is 20.2 Å². The zero-order valence-corrected chi connectivity index (χ0v) is 23.3. The maximum atomic E-state index is 12.8. The van der Waals surface area contributed by atoms with Crippen molar-refractivity contribution in [1.82, 2.24) is 0 Å². The average Bonchev–Trinajstić information content (AvgIpc) is 3.00. The molecule has 0 bridgehead atoms. The number of hydrogen-bond acceptors (Lipinski definition) is 7. The number of ether oxygens (including phenoxy) is 3. The Morgan fingerprint density at radius 1 is 0.952 bits per heavy atom. The van der Waals surface area contributed by atoms with E-state index in [0.717, 1.165) is 5.56 Å². The van der Waals surface area contributed by atoms with Gasteiger partial charge < -0.3 is 19.5 Å². The van der Waals surface area contributed by atoms with Crippen LogP contribution in [0.15, 0.2) is 96.6 Å². The van der Waals surface area contributed by atoms with Crippen LogP contribution >= 0.6 is 11.6 Å². The number of hydrogen-bond donors (Lipinski definition) is 1. The van der Waals surface area contributed by atoms with E-state index in [2.05, 4.69) is 5.32 Å². The van der Waals surface area contributed by atoms with Crippen LogP contribution in [0.1, 0.15) is 23.6 Å². The molecule has 0 aliphatic carbocycles. The molecule has 1 N–H and O–H groups in total. The van der Waals surface area contributed by atoms with Crippen LogP contribution in [-0.2, 0) is 18.0 Å². The summed E-state index contributed by atoms with van der Waals surface area (Å²) in [6.45, 7) is 2.56. The van der Waals surface area contributed by atoms with Gasteiger partial charge in [0.1, 0.15) is 30.6 Å². The monoisotopic (exact) mass is 583 g/mol. The number of nitrogens with one attached hydrogen (secondary N) is 1. The number of benzene rings is 4. The molecule has 0 aliphatic rings. The third kappa shape index (κ3) is 8.10. The first-order chi connectivity index (χ1) is 20.4. The number of carbonyl (C=O) groups excluding carboxylic acids is 1. The van der Waals surface area contributed by atoms with Gasteiger partial charge in [-0.05, 0) is 66.6 Å². The molecule has 4 aromatic rings. The Labute approximate surface area is 247 Å². The number of nitro groups is 1. The quantitative estimate of drug-likeness (QED) is 0.0800. The third-order valence-electron chi connectivity index (χ3n) is 5.92. The Morgan fingerprint density at radius 2 is 1.74 bits per heavy atom. The Bertz CT molecular complexity index is 1650. The fraction of sp³-hybridized carbons (Fsp3) is 0.125. The van der Waals surface area contributed by atoms with Crippen molar-refractivity contribution >= 4 is 35.0 Å². The summed E-state index contributed by atoms with van der Waals surface area (Å²) in [5.41, 5.74) is 2.39. The lowest BCUT2D eigenvalue weighted by atomic mass is 10.1. The molecule has 4 aromatic carbocycles. The summed E-state index contributed by atoms with van der Waals surface area (Å²) in [5, 5.41) is 24.0. The zero-order chi connectivity index (χ0) is 29.9. The molecule has 0 unspecified atom stereocenters. The average molecular weight is 584 g/mol. The van der Waals surface area contributed by atoms with Crippen LogP contribution in [0, 0.1) is 21.4 Å². The van der Waals surface area contributed by atoms with Crippen molar-refractivity contribution < 1.29 is 23.9 Å². The zero-order valence-electron chi connectivity index (χ0n) is 22.6. The molecule has 10 heteroatoms. The van der Waals surface area contributed by atoms with Gasteiger partial charge in [0.15, 0.2) is 11.5 Å². The number of anilines is 1. The predicted molar refractivity (Wildman–Crippen MR) is 159 cm³/mol. The van der Waals surface area contributed by atoms with E-state index in [4.69, 9.17) is 25.8 Å². The minimum Gasteiger partial charge on any atom is -0.490 e. The second kappa shape index (κ2) is 14.3. The number of nitro benzene ring substituents is 1. The van der Waals surface area contributed by atoms with Gasteiger partial charge in [0, 0.05) is 28.4 Å². The van der Waals surface area contributed by atoms with Crippen LogP contribution in [-0.4, -0.2) is 17.4 Å². The maximum Gasteiger partial charge on any atom is 0.269 e. The van der Waals surface area contributed by atoms with Crippen LogP contribution in [0.3, 0.4) is 0 Å². The molecule has 1 amide bonds. The summed E-state index contributed by atoms with van der Waals surface area (Å²) in [6.07, 6.45) is 1.45. The second-order valence-electron chi connectivity index (χ2n) is 8.88. The largest absolute Gasteiger partial charge is 0.490 e. The van der Waals surface area contributed by atoms with Crippen LogP contribution in [0.2, 0.25) is 5.02 Å². The predicted octanol–water partition coefficient (Wildman–Crippen LogP) is 7.35. The smallest absolute Gasteiger partial charge is 0.269 e. The number of nitriles is 1. The summed E-state index contributed by atoms with van der Waals surface area (Å²) in [5.74, 6) is 0.841. The molecule has 4 rings (SSSR count). The molecule has 0 saturated carbocycles. The van der Waals surface area contributed by atoms with Gasteiger partial charge in [-0.1, -0.05) is 48.0 Å². The van der Waals surface area contributed by atoms with E-state index in [0.29, 0.717) is 52.3 Å². The molecule has 0 saturated heterocycles. The Morgan fingerprint density at radius 3 is 2.45 bits per heavy atom. The number of carbonyl (C=O) groups is 1. The van der Waals surface area contributed by atoms with Crippen LogP contribution in [0.4, 0.5) is 11.4 Å². The molecule has 212 valence electrons. The topological polar surface area (TPSA) is 124 Å². The highest BCUT2D eigenvalue weighted by molar-refractivity contribution is 6.31. The van der Waals surface area contributed by atoms with Gasteiger partial charge in [-0.3, -0.25) is 14.9 Å². The summed E-state index contributed by atoms with van der Waals surface area (Å²) in [4.78, 5) is 23.4. The van der Waals surface area contributed by atoms with Crippen molar-refractivity contribution in [3.05, 3.63) is 128 Å². The molecule has 0 fully saturated rings. The fourth-order valence-corrected chi connectivity index (χ4v) is 4.04. The lowest BCUT2D eigenvalue weighted by Crippen LogP contribution is -2.13. The summed E-state index contributed by atoms with van der Waals surface area (Å²) >= 11 is 6.17. The lowest BCUT2D eigenvalue weighted by Gasteiger charge is -2.13. The molecule has 0 heterocycles. The van der Waals surface area contributed by atoms with E-state index in [-0.39, 0.29) is 17.9 Å².